The number of amides is 1. The predicted octanol–water partition coefficient (Wildman–Crippen LogP) is 4.52. The summed E-state index contributed by atoms with van der Waals surface area (Å²) >= 11 is 0. The third kappa shape index (κ3) is 5.89. The van der Waals surface area contributed by atoms with Crippen LogP contribution in [0.25, 0.3) is 10.9 Å². The Morgan fingerprint density at radius 2 is 2.00 bits per heavy atom. The van der Waals surface area contributed by atoms with E-state index in [0.29, 0.717) is 52.3 Å². The molecule has 2 aliphatic rings. The molecule has 0 spiro atoms. The first-order chi connectivity index (χ1) is 19.9. The van der Waals surface area contributed by atoms with Crippen LogP contribution in [0.1, 0.15) is 64.5 Å². The van der Waals surface area contributed by atoms with Crippen LogP contribution in [0.4, 0.5) is 5.82 Å². The number of hydrogen-bond acceptors (Lipinski definition) is 8. The largest absolute Gasteiger partial charge is 0.495 e. The molecule has 4 aromatic rings. The number of carbonyl (C=O) groups is 1. The van der Waals surface area contributed by atoms with E-state index in [0.717, 1.165) is 36.5 Å². The summed E-state index contributed by atoms with van der Waals surface area (Å²) in [4.78, 5) is 25.1. The molecule has 10 nitrogen and oxygen atoms in total. The van der Waals surface area contributed by atoms with Crippen molar-refractivity contribution in [3.63, 3.8) is 0 Å². The number of methoxy groups -OCH3 is 1. The second kappa shape index (κ2) is 11.5. The summed E-state index contributed by atoms with van der Waals surface area (Å²) in [6, 6.07) is 8.46. The van der Waals surface area contributed by atoms with Gasteiger partial charge in [0.25, 0.3) is 5.91 Å². The van der Waals surface area contributed by atoms with Crippen LogP contribution in [0.15, 0.2) is 42.9 Å². The Morgan fingerprint density at radius 1 is 1.15 bits per heavy atom. The molecule has 1 saturated carbocycles. The maximum Gasteiger partial charge on any atom is 0.257 e. The summed E-state index contributed by atoms with van der Waals surface area (Å²) in [5, 5.41) is 14.5. The molecule has 1 saturated heterocycles. The summed E-state index contributed by atoms with van der Waals surface area (Å²) in [5.41, 5.74) is 4.99. The van der Waals surface area contributed by atoms with Gasteiger partial charge in [0.05, 0.1) is 30.8 Å². The summed E-state index contributed by atoms with van der Waals surface area (Å²) in [6.45, 7) is 9.54. The Labute approximate surface area is 239 Å². The second-order valence-electron chi connectivity index (χ2n) is 11.2. The minimum Gasteiger partial charge on any atom is -0.495 e. The number of aromatic nitrogens is 4. The Balaban J connectivity index is 1.30. The zero-order valence-electron chi connectivity index (χ0n) is 24.0. The maximum atomic E-state index is 13.5. The molecule has 1 aliphatic heterocycles. The smallest absolute Gasteiger partial charge is 0.257 e. The topological polar surface area (TPSA) is 117 Å². The van der Waals surface area contributed by atoms with E-state index in [1.807, 2.05) is 32.2 Å². The van der Waals surface area contributed by atoms with Crippen LogP contribution < -0.4 is 20.1 Å². The molecule has 2 fully saturated rings. The molecule has 2 atom stereocenters. The molecular weight excluding hydrogens is 518 g/mol. The van der Waals surface area contributed by atoms with Gasteiger partial charge in [0, 0.05) is 43.8 Å². The molecule has 0 radical (unpaired) electrons. The number of rotatable bonds is 9. The normalized spacial score (nSPS) is 18.3. The van der Waals surface area contributed by atoms with E-state index < -0.39 is 0 Å². The number of nitrogens with zero attached hydrogens (tertiary/aromatic N) is 4. The van der Waals surface area contributed by atoms with Gasteiger partial charge in [-0.15, -0.1) is 0 Å². The van der Waals surface area contributed by atoms with E-state index in [-0.39, 0.29) is 12.0 Å². The van der Waals surface area contributed by atoms with Gasteiger partial charge in [0.2, 0.25) is 0 Å². The molecule has 41 heavy (non-hydrogen) atoms. The summed E-state index contributed by atoms with van der Waals surface area (Å²) in [6.07, 6.45) is 7.46. The van der Waals surface area contributed by atoms with Crippen LogP contribution in [0.3, 0.4) is 0 Å². The maximum absolute atomic E-state index is 13.5. The lowest BCUT2D eigenvalue weighted by Gasteiger charge is -2.34. The number of hydrogen-bond donors (Lipinski definition) is 3. The van der Waals surface area contributed by atoms with Gasteiger partial charge in [-0.1, -0.05) is 6.07 Å². The number of pyridine rings is 2. The van der Waals surface area contributed by atoms with Crippen LogP contribution in [0.2, 0.25) is 0 Å². The highest BCUT2D eigenvalue weighted by atomic mass is 16.5. The number of aryl methyl sites for hydroxylation is 2. The fourth-order valence-corrected chi connectivity index (χ4v) is 5.60. The molecule has 6 rings (SSSR count). The zero-order valence-corrected chi connectivity index (χ0v) is 24.0. The van der Waals surface area contributed by atoms with Crippen LogP contribution in [0.5, 0.6) is 11.5 Å². The van der Waals surface area contributed by atoms with E-state index in [2.05, 4.69) is 49.8 Å². The number of carbonyl (C=O) groups excluding carboxylic acids is 1. The number of fused-ring (bicyclic) bond motifs is 1. The average Bonchev–Trinajstić information content (AvgIpc) is 3.70. The SMILES string of the molecule is COc1cnc(NC(=O)c2c(C)cc(O[C@H](CN3CCN[C@H](C)C3)c3ccc(C4CC4)cn3)c3[nH]ncc23)c(C)c1. The summed E-state index contributed by atoms with van der Waals surface area (Å²) < 4.78 is 12.0. The first-order valence-electron chi connectivity index (χ1n) is 14.3. The van der Waals surface area contributed by atoms with Crippen molar-refractivity contribution < 1.29 is 14.3 Å². The number of anilines is 1. The first kappa shape index (κ1) is 27.2. The van der Waals surface area contributed by atoms with Crippen LogP contribution >= 0.6 is 0 Å². The molecule has 0 unspecified atom stereocenters. The molecular formula is C31H37N7O3. The molecule has 4 heterocycles. The third-order valence-electron chi connectivity index (χ3n) is 7.98. The monoisotopic (exact) mass is 555 g/mol. The lowest BCUT2D eigenvalue weighted by Crippen LogP contribution is -2.50. The highest BCUT2D eigenvalue weighted by Crippen LogP contribution is 2.40. The molecule has 1 amide bonds. The van der Waals surface area contributed by atoms with E-state index in [9.17, 15) is 4.79 Å². The Hall–Kier alpha value is -4.02. The van der Waals surface area contributed by atoms with Gasteiger partial charge < -0.3 is 20.1 Å². The van der Waals surface area contributed by atoms with Crippen molar-refractivity contribution in [2.75, 3.05) is 38.6 Å². The van der Waals surface area contributed by atoms with Crippen LogP contribution in [-0.4, -0.2) is 70.3 Å². The van der Waals surface area contributed by atoms with Crippen molar-refractivity contribution in [3.05, 3.63) is 70.8 Å². The van der Waals surface area contributed by atoms with Crippen LogP contribution in [-0.2, 0) is 0 Å². The van der Waals surface area contributed by atoms with E-state index >= 15 is 0 Å². The van der Waals surface area contributed by atoms with Crippen molar-refractivity contribution in [1.29, 1.82) is 0 Å². The van der Waals surface area contributed by atoms with Gasteiger partial charge >= 0.3 is 0 Å². The highest BCUT2D eigenvalue weighted by Gasteiger charge is 2.28. The van der Waals surface area contributed by atoms with Gasteiger partial charge in [-0.3, -0.25) is 19.8 Å². The van der Waals surface area contributed by atoms with Gasteiger partial charge in [0.15, 0.2) is 6.10 Å². The lowest BCUT2D eigenvalue weighted by atomic mass is 10.0. The molecule has 3 N–H and O–H groups in total. The Bertz CT molecular complexity index is 1550. The highest BCUT2D eigenvalue weighted by molar-refractivity contribution is 6.14. The van der Waals surface area contributed by atoms with E-state index in [1.54, 1.807) is 19.5 Å². The predicted molar refractivity (Wildman–Crippen MR) is 158 cm³/mol. The van der Waals surface area contributed by atoms with Crippen molar-refractivity contribution in [3.8, 4) is 11.5 Å². The average molecular weight is 556 g/mol. The van der Waals surface area contributed by atoms with E-state index in [4.69, 9.17) is 14.5 Å². The van der Waals surface area contributed by atoms with Crippen molar-refractivity contribution in [2.24, 2.45) is 0 Å². The molecule has 0 bridgehead atoms. The van der Waals surface area contributed by atoms with E-state index in [1.165, 1.54) is 18.4 Å². The number of aromatic amines is 1. The summed E-state index contributed by atoms with van der Waals surface area (Å²) in [7, 11) is 1.59. The van der Waals surface area contributed by atoms with Gasteiger partial charge in [-0.2, -0.15) is 5.10 Å². The second-order valence-corrected chi connectivity index (χ2v) is 11.2. The van der Waals surface area contributed by atoms with Gasteiger partial charge in [0.1, 0.15) is 22.8 Å². The molecule has 1 aromatic carbocycles. The number of benzene rings is 1. The number of H-pyrrole nitrogens is 1. The fourth-order valence-electron chi connectivity index (χ4n) is 5.60. The number of ether oxygens (including phenoxy) is 2. The van der Waals surface area contributed by atoms with Gasteiger partial charge in [-0.05, 0) is 74.4 Å². The quantitative estimate of drug-likeness (QED) is 0.276. The minimum atomic E-state index is -0.287. The minimum absolute atomic E-state index is 0.259. The Kier molecular flexibility index (Phi) is 7.59. The Morgan fingerprint density at radius 3 is 2.71 bits per heavy atom. The number of nitrogens with one attached hydrogen (secondary N) is 3. The van der Waals surface area contributed by atoms with Crippen LogP contribution in [0, 0.1) is 13.8 Å². The lowest BCUT2D eigenvalue weighted by molar-refractivity contribution is 0.102. The van der Waals surface area contributed by atoms with Crippen molar-refractivity contribution >= 4 is 22.6 Å². The molecule has 214 valence electrons. The zero-order chi connectivity index (χ0) is 28.5. The standard InChI is InChI=1S/C31H37N7O3/c1-18-12-26(29-24(15-35-37-29)28(18)31(39)36-30-19(2)11-23(40-4)14-34-30)41-27(17-38-10-9-32-20(3)16-38)25-8-7-22(13-33-25)21-5-6-21/h7-8,11-15,20-21,27,32H,5-6,9-10,16-17H2,1-4H3,(H,35,37)(H,34,36,39)/t20-,27-/m1/s1. The third-order valence-corrected chi connectivity index (χ3v) is 7.98. The first-order valence-corrected chi connectivity index (χ1v) is 14.3. The molecule has 3 aromatic heterocycles. The number of piperazine rings is 1. The van der Waals surface area contributed by atoms with Crippen molar-refractivity contribution in [2.45, 2.75) is 51.7 Å². The summed E-state index contributed by atoms with van der Waals surface area (Å²) in [5.74, 6) is 2.15. The molecule has 1 aliphatic carbocycles. The fraction of sp³-hybridized carbons (Fsp3) is 0.419. The van der Waals surface area contributed by atoms with Crippen molar-refractivity contribution in [1.82, 2.24) is 30.4 Å². The van der Waals surface area contributed by atoms with Gasteiger partial charge in [-0.25, -0.2) is 4.98 Å². The molecule has 10 heteroatoms.